The Morgan fingerprint density at radius 2 is 2.14 bits per heavy atom. The molecule has 0 amide bonds. The summed E-state index contributed by atoms with van der Waals surface area (Å²) in [6.07, 6.45) is 0.644. The van der Waals surface area contributed by atoms with E-state index in [1.807, 2.05) is 37.3 Å². The molecule has 1 heterocycles. The van der Waals surface area contributed by atoms with E-state index in [1.165, 1.54) is 0 Å². The molecule has 0 bridgehead atoms. The van der Waals surface area contributed by atoms with Crippen LogP contribution in [-0.2, 0) is 16.0 Å². The number of aliphatic hydroxyl groups is 1. The molecule has 0 radical (unpaired) electrons. The molecule has 0 aliphatic carbocycles. The van der Waals surface area contributed by atoms with Crippen molar-refractivity contribution in [2.75, 3.05) is 0 Å². The molecule has 2 rings (SSSR count). The molecular weight excluding hydrogens is 182 g/mol. The molecule has 1 aliphatic rings. The summed E-state index contributed by atoms with van der Waals surface area (Å²) in [5, 5.41) is 9.04. The second-order valence-electron chi connectivity index (χ2n) is 3.54. The molecule has 1 aromatic rings. The van der Waals surface area contributed by atoms with Gasteiger partial charge in [-0.15, -0.1) is 0 Å². The fraction of sp³-hybridized carbons (Fsp3) is 0.400. The average Bonchev–Trinajstić information content (AvgIpc) is 2.47. The molecule has 14 heavy (non-hydrogen) atoms. The van der Waals surface area contributed by atoms with Crippen LogP contribution in [0.5, 0.6) is 0 Å². The Hall–Kier alpha value is -0.940. The highest BCUT2D eigenvalue weighted by molar-refractivity contribution is 5.16. The minimum atomic E-state index is -1.18. The summed E-state index contributed by atoms with van der Waals surface area (Å²) in [5.74, 6) is 0. The lowest BCUT2D eigenvalue weighted by molar-refractivity contribution is -0.221. The lowest BCUT2D eigenvalue weighted by Gasteiger charge is -2.20. The van der Waals surface area contributed by atoms with Gasteiger partial charge in [-0.2, -0.15) is 5.48 Å². The first-order valence-corrected chi connectivity index (χ1v) is 4.51. The highest BCUT2D eigenvalue weighted by atomic mass is 16.9. The van der Waals surface area contributed by atoms with E-state index in [4.69, 9.17) is 14.7 Å². The standard InChI is InChI=1S/C10H13NO3/c1-10(11-14-9(12)13-10)7-8-5-3-2-4-6-8/h2-6,9,11-12H,7H2,1H3. The Morgan fingerprint density at radius 3 is 2.71 bits per heavy atom. The van der Waals surface area contributed by atoms with E-state index in [0.717, 1.165) is 5.56 Å². The van der Waals surface area contributed by atoms with E-state index in [0.29, 0.717) is 6.42 Å². The Balaban J connectivity index is 2.04. The lowest BCUT2D eigenvalue weighted by atomic mass is 10.1. The third kappa shape index (κ3) is 2.10. The Bertz CT molecular complexity index is 303. The summed E-state index contributed by atoms with van der Waals surface area (Å²) in [7, 11) is 0. The largest absolute Gasteiger partial charge is 0.345 e. The van der Waals surface area contributed by atoms with E-state index in [2.05, 4.69) is 5.48 Å². The Morgan fingerprint density at radius 1 is 1.43 bits per heavy atom. The first kappa shape index (κ1) is 9.61. The zero-order valence-corrected chi connectivity index (χ0v) is 7.93. The van der Waals surface area contributed by atoms with E-state index in [9.17, 15) is 0 Å². The fourth-order valence-corrected chi connectivity index (χ4v) is 1.51. The fourth-order valence-electron chi connectivity index (χ4n) is 1.51. The smallest absolute Gasteiger partial charge is 0.287 e. The molecule has 1 fully saturated rings. The normalized spacial score (nSPS) is 32.0. The van der Waals surface area contributed by atoms with Crippen LogP contribution in [0.4, 0.5) is 0 Å². The summed E-state index contributed by atoms with van der Waals surface area (Å²) >= 11 is 0. The van der Waals surface area contributed by atoms with Crippen molar-refractivity contribution in [3.8, 4) is 0 Å². The van der Waals surface area contributed by atoms with Crippen LogP contribution in [0.25, 0.3) is 0 Å². The maximum atomic E-state index is 9.04. The maximum absolute atomic E-state index is 9.04. The third-order valence-electron chi connectivity index (χ3n) is 2.12. The summed E-state index contributed by atoms with van der Waals surface area (Å²) in [5.41, 5.74) is 3.13. The minimum Gasteiger partial charge on any atom is -0.345 e. The Labute approximate surface area is 82.4 Å². The number of ether oxygens (including phenoxy) is 1. The van der Waals surface area contributed by atoms with Crippen molar-refractivity contribution in [1.29, 1.82) is 0 Å². The third-order valence-corrected chi connectivity index (χ3v) is 2.12. The minimum absolute atomic E-state index is 0.644. The molecule has 1 aromatic carbocycles. The summed E-state index contributed by atoms with van der Waals surface area (Å²) < 4.78 is 5.17. The molecule has 2 N–H and O–H groups in total. The first-order valence-electron chi connectivity index (χ1n) is 4.51. The van der Waals surface area contributed by atoms with Gasteiger partial charge in [0.25, 0.3) is 6.48 Å². The first-order chi connectivity index (χ1) is 6.68. The van der Waals surface area contributed by atoms with Crippen molar-refractivity contribution in [2.45, 2.75) is 25.5 Å². The van der Waals surface area contributed by atoms with Gasteiger partial charge in [0.1, 0.15) is 5.72 Å². The van der Waals surface area contributed by atoms with Crippen LogP contribution in [0.1, 0.15) is 12.5 Å². The molecular formula is C10H13NO3. The summed E-state index contributed by atoms with van der Waals surface area (Å²) in [4.78, 5) is 4.72. The highest BCUT2D eigenvalue weighted by Gasteiger charge is 2.35. The van der Waals surface area contributed by atoms with Gasteiger partial charge in [0.15, 0.2) is 0 Å². The summed E-state index contributed by atoms with van der Waals surface area (Å²) in [6, 6.07) is 9.89. The van der Waals surface area contributed by atoms with Crippen LogP contribution in [0.15, 0.2) is 30.3 Å². The molecule has 1 aliphatic heterocycles. The number of aliphatic hydroxyl groups excluding tert-OH is 1. The molecule has 1 saturated heterocycles. The number of hydrogen-bond acceptors (Lipinski definition) is 4. The second-order valence-corrected chi connectivity index (χ2v) is 3.54. The predicted molar refractivity (Wildman–Crippen MR) is 49.9 cm³/mol. The van der Waals surface area contributed by atoms with Crippen molar-refractivity contribution in [1.82, 2.24) is 5.48 Å². The van der Waals surface area contributed by atoms with Crippen LogP contribution in [0.3, 0.4) is 0 Å². The SMILES string of the molecule is CC1(Cc2ccccc2)NOC(O)O1. The monoisotopic (exact) mass is 195 g/mol. The zero-order valence-electron chi connectivity index (χ0n) is 7.93. The van der Waals surface area contributed by atoms with Crippen molar-refractivity contribution in [3.63, 3.8) is 0 Å². The van der Waals surface area contributed by atoms with Crippen LogP contribution >= 0.6 is 0 Å². The predicted octanol–water partition coefficient (Wildman–Crippen LogP) is 0.773. The highest BCUT2D eigenvalue weighted by Crippen LogP contribution is 2.21. The van der Waals surface area contributed by atoms with E-state index in [-0.39, 0.29) is 0 Å². The molecule has 0 aromatic heterocycles. The van der Waals surface area contributed by atoms with Gasteiger partial charge in [0.2, 0.25) is 0 Å². The molecule has 0 spiro atoms. The second kappa shape index (κ2) is 3.67. The maximum Gasteiger partial charge on any atom is 0.287 e. The van der Waals surface area contributed by atoms with E-state index < -0.39 is 12.2 Å². The van der Waals surface area contributed by atoms with Gasteiger partial charge >= 0.3 is 0 Å². The lowest BCUT2D eigenvalue weighted by Crippen LogP contribution is -2.39. The van der Waals surface area contributed by atoms with Gasteiger partial charge in [0, 0.05) is 6.42 Å². The topological polar surface area (TPSA) is 50.7 Å². The molecule has 4 nitrogen and oxygen atoms in total. The van der Waals surface area contributed by atoms with Gasteiger partial charge in [0.05, 0.1) is 0 Å². The molecule has 2 unspecified atom stereocenters. The Kier molecular flexibility index (Phi) is 2.52. The molecule has 4 heteroatoms. The number of nitrogens with one attached hydrogen (secondary N) is 1. The molecule has 2 atom stereocenters. The number of hydrogen-bond donors (Lipinski definition) is 2. The number of hydroxylamine groups is 1. The van der Waals surface area contributed by atoms with Gasteiger partial charge in [-0.3, -0.25) is 0 Å². The van der Waals surface area contributed by atoms with Crippen molar-refractivity contribution >= 4 is 0 Å². The van der Waals surface area contributed by atoms with E-state index in [1.54, 1.807) is 0 Å². The van der Waals surface area contributed by atoms with Gasteiger partial charge in [-0.05, 0) is 12.5 Å². The van der Waals surface area contributed by atoms with Gasteiger partial charge in [-0.25, -0.2) is 4.84 Å². The number of rotatable bonds is 2. The van der Waals surface area contributed by atoms with Crippen molar-refractivity contribution < 1.29 is 14.7 Å². The van der Waals surface area contributed by atoms with Gasteiger partial charge < -0.3 is 9.84 Å². The van der Waals surface area contributed by atoms with Crippen molar-refractivity contribution in [2.24, 2.45) is 0 Å². The quantitative estimate of drug-likeness (QED) is 0.732. The van der Waals surface area contributed by atoms with Crippen LogP contribution in [0, 0.1) is 0 Å². The van der Waals surface area contributed by atoms with Crippen LogP contribution in [-0.4, -0.2) is 17.3 Å². The van der Waals surface area contributed by atoms with Crippen LogP contribution in [0.2, 0.25) is 0 Å². The van der Waals surface area contributed by atoms with Crippen molar-refractivity contribution in [3.05, 3.63) is 35.9 Å². The average molecular weight is 195 g/mol. The molecule has 0 saturated carbocycles. The van der Waals surface area contributed by atoms with Gasteiger partial charge in [-0.1, -0.05) is 30.3 Å². The number of benzene rings is 1. The molecule has 76 valence electrons. The zero-order chi connectivity index (χ0) is 10.0. The van der Waals surface area contributed by atoms with Crippen LogP contribution < -0.4 is 5.48 Å². The summed E-state index contributed by atoms with van der Waals surface area (Å²) in [6.45, 7) is 0.652. The van der Waals surface area contributed by atoms with E-state index >= 15 is 0 Å².